The molecule has 3 aromatic carbocycles. The fourth-order valence-corrected chi connectivity index (χ4v) is 3.34. The fraction of sp³-hybridized carbons (Fsp3) is 0.182. The van der Waals surface area contributed by atoms with Gasteiger partial charge in [-0.3, -0.25) is 0 Å². The van der Waals surface area contributed by atoms with Crippen molar-refractivity contribution in [3.8, 4) is 0 Å². The lowest BCUT2D eigenvalue weighted by Crippen LogP contribution is -2.50. The topological polar surface area (TPSA) is 44.5 Å². The van der Waals surface area contributed by atoms with Crippen LogP contribution in [0.2, 0.25) is 0 Å². The first-order chi connectivity index (χ1) is 12.3. The van der Waals surface area contributed by atoms with E-state index in [4.69, 9.17) is 15.2 Å². The molecular formula is C22H21NO2. The first-order valence-corrected chi connectivity index (χ1v) is 8.53. The molecule has 126 valence electrons. The average Bonchev–Trinajstić information content (AvgIpc) is 2.71. The lowest BCUT2D eigenvalue weighted by Gasteiger charge is -2.44. The van der Waals surface area contributed by atoms with Crippen molar-refractivity contribution in [3.63, 3.8) is 0 Å². The second-order valence-electron chi connectivity index (χ2n) is 6.27. The standard InChI is InChI=1S/C22H21NO2/c23-20-16-24-22(18-12-6-2-7-13-18,19-14-8-3-9-15-19)25-21(20)17-10-4-1-5-11-17/h1-15,20-21H,16,23H2/t20-,21-/m0/s1. The molecule has 0 radical (unpaired) electrons. The molecule has 3 aromatic rings. The highest BCUT2D eigenvalue weighted by atomic mass is 16.7. The predicted octanol–water partition coefficient (Wildman–Crippen LogP) is 4.00. The van der Waals surface area contributed by atoms with Crippen molar-refractivity contribution < 1.29 is 9.47 Å². The van der Waals surface area contributed by atoms with Crippen molar-refractivity contribution in [1.29, 1.82) is 0 Å². The SMILES string of the molecule is N[C@H]1COC(c2ccccc2)(c2ccccc2)O[C@H]1c1ccccc1. The van der Waals surface area contributed by atoms with Gasteiger partial charge in [0.15, 0.2) is 0 Å². The average molecular weight is 331 g/mol. The lowest BCUT2D eigenvalue weighted by molar-refractivity contribution is -0.287. The molecule has 0 aliphatic carbocycles. The molecule has 0 saturated carbocycles. The molecule has 3 heteroatoms. The molecule has 0 aromatic heterocycles. The van der Waals surface area contributed by atoms with Gasteiger partial charge >= 0.3 is 0 Å². The zero-order valence-corrected chi connectivity index (χ0v) is 13.9. The summed E-state index contributed by atoms with van der Waals surface area (Å²) in [5.41, 5.74) is 9.34. The van der Waals surface area contributed by atoms with Crippen LogP contribution in [0.3, 0.4) is 0 Å². The van der Waals surface area contributed by atoms with E-state index in [-0.39, 0.29) is 12.1 Å². The van der Waals surface area contributed by atoms with Gasteiger partial charge in [-0.05, 0) is 5.56 Å². The number of hydrogen-bond acceptors (Lipinski definition) is 3. The Hall–Kier alpha value is -2.46. The van der Waals surface area contributed by atoms with E-state index in [9.17, 15) is 0 Å². The normalized spacial score (nSPS) is 22.4. The van der Waals surface area contributed by atoms with Gasteiger partial charge in [0.2, 0.25) is 5.79 Å². The Morgan fingerprint density at radius 3 is 1.72 bits per heavy atom. The molecule has 3 nitrogen and oxygen atoms in total. The van der Waals surface area contributed by atoms with E-state index in [0.717, 1.165) is 16.7 Å². The maximum atomic E-state index is 6.60. The monoisotopic (exact) mass is 331 g/mol. The van der Waals surface area contributed by atoms with Crippen molar-refractivity contribution >= 4 is 0 Å². The van der Waals surface area contributed by atoms with Crippen LogP contribution in [0.1, 0.15) is 22.8 Å². The number of nitrogens with two attached hydrogens (primary N) is 1. The molecule has 0 amide bonds. The Morgan fingerprint density at radius 2 is 1.20 bits per heavy atom. The molecule has 1 saturated heterocycles. The first-order valence-electron chi connectivity index (χ1n) is 8.53. The van der Waals surface area contributed by atoms with Gasteiger partial charge in [-0.25, -0.2) is 0 Å². The summed E-state index contributed by atoms with van der Waals surface area (Å²) in [7, 11) is 0. The Bertz CT molecular complexity index is 766. The van der Waals surface area contributed by atoms with Crippen LogP contribution in [0.5, 0.6) is 0 Å². The molecule has 1 aliphatic rings. The zero-order chi connectivity index (χ0) is 17.1. The maximum absolute atomic E-state index is 6.60. The third-order valence-corrected chi connectivity index (χ3v) is 4.60. The van der Waals surface area contributed by atoms with Crippen LogP contribution < -0.4 is 5.73 Å². The van der Waals surface area contributed by atoms with E-state index < -0.39 is 5.79 Å². The highest BCUT2D eigenvalue weighted by molar-refractivity contribution is 5.35. The third kappa shape index (κ3) is 2.98. The van der Waals surface area contributed by atoms with Crippen LogP contribution in [0.4, 0.5) is 0 Å². The molecular weight excluding hydrogens is 310 g/mol. The van der Waals surface area contributed by atoms with E-state index in [2.05, 4.69) is 12.1 Å². The smallest absolute Gasteiger partial charge is 0.223 e. The Morgan fingerprint density at radius 1 is 0.720 bits per heavy atom. The molecule has 0 bridgehead atoms. The summed E-state index contributed by atoms with van der Waals surface area (Å²) in [6.07, 6.45) is -0.240. The number of rotatable bonds is 3. The summed E-state index contributed by atoms with van der Waals surface area (Å²) in [6, 6.07) is 30.0. The van der Waals surface area contributed by atoms with Crippen molar-refractivity contribution in [2.45, 2.75) is 17.9 Å². The van der Waals surface area contributed by atoms with Crippen LogP contribution in [-0.4, -0.2) is 12.6 Å². The van der Waals surface area contributed by atoms with E-state index in [0.29, 0.717) is 6.61 Å². The molecule has 0 spiro atoms. The minimum Gasteiger partial charge on any atom is -0.340 e. The van der Waals surface area contributed by atoms with Crippen LogP contribution >= 0.6 is 0 Å². The summed E-state index contributed by atoms with van der Waals surface area (Å²) in [5.74, 6) is -0.959. The summed E-state index contributed by atoms with van der Waals surface area (Å²) in [6.45, 7) is 0.420. The summed E-state index contributed by atoms with van der Waals surface area (Å²) < 4.78 is 12.9. The van der Waals surface area contributed by atoms with Gasteiger partial charge in [-0.15, -0.1) is 0 Å². The van der Waals surface area contributed by atoms with Gasteiger partial charge in [0, 0.05) is 11.1 Å². The van der Waals surface area contributed by atoms with Gasteiger partial charge in [-0.2, -0.15) is 0 Å². The Balaban J connectivity index is 1.82. The van der Waals surface area contributed by atoms with Gasteiger partial charge in [-0.1, -0.05) is 91.0 Å². The molecule has 0 unspecified atom stereocenters. The predicted molar refractivity (Wildman–Crippen MR) is 97.9 cm³/mol. The lowest BCUT2D eigenvalue weighted by atomic mass is 9.93. The molecule has 2 atom stereocenters. The van der Waals surface area contributed by atoms with Crippen LogP contribution in [0.25, 0.3) is 0 Å². The fourth-order valence-electron chi connectivity index (χ4n) is 3.34. The molecule has 4 rings (SSSR count). The van der Waals surface area contributed by atoms with E-state index >= 15 is 0 Å². The van der Waals surface area contributed by atoms with Gasteiger partial charge in [0.1, 0.15) is 6.10 Å². The second-order valence-corrected chi connectivity index (χ2v) is 6.27. The van der Waals surface area contributed by atoms with Crippen LogP contribution in [0.15, 0.2) is 91.0 Å². The number of ether oxygens (including phenoxy) is 2. The zero-order valence-electron chi connectivity index (χ0n) is 13.9. The van der Waals surface area contributed by atoms with Gasteiger partial charge < -0.3 is 15.2 Å². The third-order valence-electron chi connectivity index (χ3n) is 4.60. The van der Waals surface area contributed by atoms with E-state index in [1.807, 2.05) is 78.9 Å². The van der Waals surface area contributed by atoms with Crippen molar-refractivity contribution in [1.82, 2.24) is 0 Å². The van der Waals surface area contributed by atoms with Gasteiger partial charge in [0.25, 0.3) is 0 Å². The van der Waals surface area contributed by atoms with Gasteiger partial charge in [0.05, 0.1) is 12.6 Å². The van der Waals surface area contributed by atoms with E-state index in [1.165, 1.54) is 0 Å². The minimum atomic E-state index is -0.959. The first kappa shape index (κ1) is 16.0. The van der Waals surface area contributed by atoms with E-state index in [1.54, 1.807) is 0 Å². The van der Waals surface area contributed by atoms with Crippen molar-refractivity contribution in [3.05, 3.63) is 108 Å². The number of benzene rings is 3. The Labute approximate surface area is 148 Å². The summed E-state index contributed by atoms with van der Waals surface area (Å²) >= 11 is 0. The van der Waals surface area contributed by atoms with Crippen LogP contribution in [-0.2, 0) is 15.3 Å². The highest BCUT2D eigenvalue weighted by Gasteiger charge is 2.45. The largest absolute Gasteiger partial charge is 0.340 e. The van der Waals surface area contributed by atoms with Crippen molar-refractivity contribution in [2.24, 2.45) is 5.73 Å². The molecule has 25 heavy (non-hydrogen) atoms. The van der Waals surface area contributed by atoms with Crippen molar-refractivity contribution in [2.75, 3.05) is 6.61 Å². The minimum absolute atomic E-state index is 0.219. The molecule has 1 fully saturated rings. The highest BCUT2D eigenvalue weighted by Crippen LogP contribution is 2.43. The molecule has 1 aliphatic heterocycles. The second kappa shape index (κ2) is 6.81. The number of hydrogen-bond donors (Lipinski definition) is 1. The Kier molecular flexibility index (Phi) is 4.36. The maximum Gasteiger partial charge on any atom is 0.223 e. The molecule has 1 heterocycles. The quantitative estimate of drug-likeness (QED) is 0.789. The molecule has 2 N–H and O–H groups in total. The summed E-state index contributed by atoms with van der Waals surface area (Å²) in [5, 5.41) is 0. The summed E-state index contributed by atoms with van der Waals surface area (Å²) in [4.78, 5) is 0. The van der Waals surface area contributed by atoms with Crippen LogP contribution in [0, 0.1) is 0 Å².